The highest BCUT2D eigenvalue weighted by Gasteiger charge is 2.36. The maximum Gasteiger partial charge on any atom is 0.264 e. The molecule has 0 aliphatic rings. The van der Waals surface area contributed by atoms with Crippen LogP contribution in [0.1, 0.15) is 37.5 Å². The molecule has 0 aliphatic carbocycles. The number of rotatable bonds is 12. The lowest BCUT2D eigenvalue weighted by molar-refractivity contribution is -0.140. The molecule has 0 fully saturated rings. The van der Waals surface area contributed by atoms with Gasteiger partial charge in [-0.05, 0) is 82.0 Å². The van der Waals surface area contributed by atoms with E-state index >= 15 is 4.39 Å². The number of sulfonamides is 1. The average Bonchev–Trinajstić information content (AvgIpc) is 3.02. The summed E-state index contributed by atoms with van der Waals surface area (Å²) in [7, 11) is -4.23. The Hall–Kier alpha value is -4.15. The van der Waals surface area contributed by atoms with Crippen molar-refractivity contribution in [2.45, 2.75) is 62.0 Å². The monoisotopic (exact) mass is 661 g/mol. The van der Waals surface area contributed by atoms with Crippen LogP contribution in [0.2, 0.25) is 0 Å². The van der Waals surface area contributed by atoms with E-state index in [1.54, 1.807) is 54.6 Å². The van der Waals surface area contributed by atoms with Crippen LogP contribution in [0.25, 0.3) is 0 Å². The predicted molar refractivity (Wildman–Crippen MR) is 183 cm³/mol. The molecule has 0 spiro atoms. The van der Waals surface area contributed by atoms with Gasteiger partial charge in [0.1, 0.15) is 18.4 Å². The number of amides is 2. The summed E-state index contributed by atoms with van der Waals surface area (Å²) in [5, 5.41) is 2.97. The molecule has 1 N–H and O–H groups in total. The van der Waals surface area contributed by atoms with Crippen molar-refractivity contribution in [2.75, 3.05) is 17.1 Å². The third-order valence-corrected chi connectivity index (χ3v) is 9.85. The molecule has 4 aromatic carbocycles. The van der Waals surface area contributed by atoms with Crippen molar-refractivity contribution in [3.05, 3.63) is 126 Å². The molecule has 0 aromatic heterocycles. The third kappa shape index (κ3) is 8.98. The summed E-state index contributed by atoms with van der Waals surface area (Å²) in [6, 6.07) is 27.5. The highest BCUT2D eigenvalue weighted by atomic mass is 32.2. The highest BCUT2D eigenvalue weighted by Crippen LogP contribution is 2.27. The van der Waals surface area contributed by atoms with Gasteiger partial charge in [0, 0.05) is 29.0 Å². The second-order valence-corrected chi connectivity index (χ2v) is 14.8. The summed E-state index contributed by atoms with van der Waals surface area (Å²) in [5.41, 5.74) is 1.57. The van der Waals surface area contributed by atoms with Crippen LogP contribution in [0.4, 0.5) is 10.1 Å². The standard InChI is InChI=1S/C36H40FN3O4S2/c1-26-15-17-29(18-16-26)40(46(43,44)31-21-19-30(45-5)20-22-31)25-34(41)39(24-28-13-9-10-14-32(28)37)33(35(42)38-36(2,3)4)23-27-11-7-6-8-12-27/h6-22,33H,23-25H2,1-5H3,(H,38,42)/t33-/m1/s1. The van der Waals surface area contributed by atoms with E-state index in [1.807, 2.05) is 64.3 Å². The molecule has 4 rings (SSSR count). The maximum absolute atomic E-state index is 15.1. The largest absolute Gasteiger partial charge is 0.350 e. The van der Waals surface area contributed by atoms with Crippen LogP contribution in [-0.4, -0.2) is 49.5 Å². The molecule has 7 nitrogen and oxygen atoms in total. The summed E-state index contributed by atoms with van der Waals surface area (Å²) in [5.74, 6) is -1.62. The van der Waals surface area contributed by atoms with Crippen molar-refractivity contribution in [1.82, 2.24) is 10.2 Å². The molecular weight excluding hydrogens is 622 g/mol. The number of nitrogens with one attached hydrogen (secondary N) is 1. The first kappa shape index (κ1) is 34.7. The van der Waals surface area contributed by atoms with Crippen molar-refractivity contribution in [2.24, 2.45) is 0 Å². The first-order valence-electron chi connectivity index (χ1n) is 14.9. The Morgan fingerprint density at radius 2 is 1.48 bits per heavy atom. The summed E-state index contributed by atoms with van der Waals surface area (Å²) in [4.78, 5) is 30.6. The minimum Gasteiger partial charge on any atom is -0.350 e. The number of halogens is 1. The van der Waals surface area contributed by atoms with Crippen LogP contribution in [0.15, 0.2) is 113 Å². The van der Waals surface area contributed by atoms with Gasteiger partial charge in [-0.1, -0.05) is 66.2 Å². The molecule has 1 atom stereocenters. The fourth-order valence-corrected chi connectivity index (χ4v) is 6.75. The smallest absolute Gasteiger partial charge is 0.264 e. The highest BCUT2D eigenvalue weighted by molar-refractivity contribution is 7.98. The number of anilines is 1. The zero-order valence-electron chi connectivity index (χ0n) is 26.7. The summed E-state index contributed by atoms with van der Waals surface area (Å²) < 4.78 is 44.5. The van der Waals surface area contributed by atoms with Gasteiger partial charge < -0.3 is 10.2 Å². The Kier molecular flexibility index (Phi) is 11.3. The Morgan fingerprint density at radius 3 is 2.07 bits per heavy atom. The number of aryl methyl sites for hydroxylation is 1. The Bertz CT molecular complexity index is 1740. The first-order valence-corrected chi connectivity index (χ1v) is 17.6. The molecule has 0 heterocycles. The lowest BCUT2D eigenvalue weighted by Crippen LogP contribution is -2.56. The van der Waals surface area contributed by atoms with Crippen LogP contribution in [-0.2, 0) is 32.6 Å². The van der Waals surface area contributed by atoms with Gasteiger partial charge in [-0.2, -0.15) is 0 Å². The zero-order chi connectivity index (χ0) is 33.5. The molecule has 10 heteroatoms. The van der Waals surface area contributed by atoms with Gasteiger partial charge in [0.2, 0.25) is 11.8 Å². The van der Waals surface area contributed by atoms with E-state index in [2.05, 4.69) is 5.32 Å². The van der Waals surface area contributed by atoms with E-state index in [4.69, 9.17) is 0 Å². The Morgan fingerprint density at radius 1 is 0.870 bits per heavy atom. The number of hydrogen-bond acceptors (Lipinski definition) is 5. The molecule has 0 saturated heterocycles. The molecule has 4 aromatic rings. The van der Waals surface area contributed by atoms with Gasteiger partial charge >= 0.3 is 0 Å². The molecule has 0 radical (unpaired) electrons. The Balaban J connectivity index is 1.82. The van der Waals surface area contributed by atoms with Gasteiger partial charge in [-0.3, -0.25) is 13.9 Å². The minimum absolute atomic E-state index is 0.0191. The predicted octanol–water partition coefficient (Wildman–Crippen LogP) is 6.61. The fraction of sp³-hybridized carbons (Fsp3) is 0.278. The maximum atomic E-state index is 15.1. The van der Waals surface area contributed by atoms with Crippen LogP contribution >= 0.6 is 11.8 Å². The first-order chi connectivity index (χ1) is 21.8. The van der Waals surface area contributed by atoms with Crippen LogP contribution < -0.4 is 9.62 Å². The van der Waals surface area contributed by atoms with Gasteiger partial charge in [0.15, 0.2) is 0 Å². The van der Waals surface area contributed by atoms with E-state index < -0.39 is 45.8 Å². The number of thioether (sulfide) groups is 1. The normalized spacial score (nSPS) is 12.3. The fourth-order valence-electron chi connectivity index (χ4n) is 4.93. The average molecular weight is 662 g/mol. The molecule has 0 saturated carbocycles. The van der Waals surface area contributed by atoms with Gasteiger partial charge in [0.25, 0.3) is 10.0 Å². The van der Waals surface area contributed by atoms with Crippen LogP contribution in [0, 0.1) is 12.7 Å². The lowest BCUT2D eigenvalue weighted by Gasteiger charge is -2.35. The molecule has 46 heavy (non-hydrogen) atoms. The van der Waals surface area contributed by atoms with Crippen LogP contribution in [0.3, 0.4) is 0 Å². The zero-order valence-corrected chi connectivity index (χ0v) is 28.4. The molecule has 2 amide bonds. The van der Waals surface area contributed by atoms with Gasteiger partial charge in [0.05, 0.1) is 10.6 Å². The van der Waals surface area contributed by atoms with E-state index in [-0.39, 0.29) is 29.1 Å². The third-order valence-electron chi connectivity index (χ3n) is 7.32. The quantitative estimate of drug-likeness (QED) is 0.173. The molecular formula is C36H40FN3O4S2. The summed E-state index contributed by atoms with van der Waals surface area (Å²) in [6.45, 7) is 6.53. The van der Waals surface area contributed by atoms with E-state index in [0.29, 0.717) is 0 Å². The minimum atomic E-state index is -4.23. The van der Waals surface area contributed by atoms with Crippen molar-refractivity contribution in [3.63, 3.8) is 0 Å². The molecule has 0 unspecified atom stereocenters. The number of nitrogens with zero attached hydrogens (tertiary/aromatic N) is 2. The van der Waals surface area contributed by atoms with Crippen LogP contribution in [0.5, 0.6) is 0 Å². The SMILES string of the molecule is CSc1ccc(S(=O)(=O)N(CC(=O)N(Cc2ccccc2F)[C@H](Cc2ccccc2)C(=O)NC(C)(C)C)c2ccc(C)cc2)cc1. The van der Waals surface area contributed by atoms with Crippen molar-refractivity contribution in [1.29, 1.82) is 0 Å². The molecule has 242 valence electrons. The van der Waals surface area contributed by atoms with Gasteiger partial charge in [-0.15, -0.1) is 11.8 Å². The molecule has 0 aliphatic heterocycles. The van der Waals surface area contributed by atoms with Crippen molar-refractivity contribution >= 4 is 39.3 Å². The topological polar surface area (TPSA) is 86.8 Å². The summed E-state index contributed by atoms with van der Waals surface area (Å²) in [6.07, 6.45) is 2.03. The lowest BCUT2D eigenvalue weighted by atomic mass is 10.0. The van der Waals surface area contributed by atoms with Crippen molar-refractivity contribution in [3.8, 4) is 0 Å². The summed E-state index contributed by atoms with van der Waals surface area (Å²) >= 11 is 1.48. The number of carbonyl (C=O) groups is 2. The second-order valence-electron chi connectivity index (χ2n) is 12.1. The van der Waals surface area contributed by atoms with E-state index in [1.165, 1.54) is 34.9 Å². The van der Waals surface area contributed by atoms with E-state index in [9.17, 15) is 18.0 Å². The molecule has 0 bridgehead atoms. The van der Waals surface area contributed by atoms with Crippen molar-refractivity contribution < 1.29 is 22.4 Å². The number of carbonyl (C=O) groups excluding carboxylic acids is 2. The second kappa shape index (κ2) is 15.0. The van der Waals surface area contributed by atoms with E-state index in [0.717, 1.165) is 20.3 Å². The number of benzene rings is 4. The number of hydrogen-bond donors (Lipinski definition) is 1. The van der Waals surface area contributed by atoms with Gasteiger partial charge in [-0.25, -0.2) is 12.8 Å². The Labute approximate surface area is 275 Å².